The van der Waals surface area contributed by atoms with E-state index in [-0.39, 0.29) is 37.7 Å². The third-order valence-electron chi connectivity index (χ3n) is 6.49. The lowest BCUT2D eigenvalue weighted by atomic mass is 10.0. The molecule has 0 heterocycles. The molecule has 232 valence electrons. The Labute approximate surface area is 250 Å². The summed E-state index contributed by atoms with van der Waals surface area (Å²) < 4.78 is 0. The average molecular weight is 596 g/mol. The van der Waals surface area contributed by atoms with Gasteiger partial charge in [0.2, 0.25) is 11.8 Å². The van der Waals surface area contributed by atoms with Crippen molar-refractivity contribution in [3.8, 4) is 0 Å². The summed E-state index contributed by atoms with van der Waals surface area (Å²) in [5, 5.41) is 19.9. The molecule has 2 aromatic rings. The van der Waals surface area contributed by atoms with Gasteiger partial charge in [0.25, 0.3) is 0 Å². The molecule has 4 atom stereocenters. The van der Waals surface area contributed by atoms with Crippen LogP contribution in [0.5, 0.6) is 0 Å². The Hall–Kier alpha value is -4.94. The number of nitrogens with one attached hydrogen (secondary N) is 4. The lowest BCUT2D eigenvalue weighted by Crippen LogP contribution is -2.58. The van der Waals surface area contributed by atoms with E-state index in [1.807, 2.05) is 30.3 Å². The Balaban J connectivity index is 2.13. The minimum absolute atomic E-state index is 0.0292. The summed E-state index contributed by atoms with van der Waals surface area (Å²) in [5.74, 6) is -2.98. The molecule has 9 N–H and O–H groups in total. The molecule has 0 radical (unpaired) electrons. The van der Waals surface area contributed by atoms with Crippen LogP contribution in [0.15, 0.2) is 65.7 Å². The van der Waals surface area contributed by atoms with Crippen molar-refractivity contribution in [2.75, 3.05) is 6.54 Å². The zero-order chi connectivity index (χ0) is 31.8. The van der Waals surface area contributed by atoms with Gasteiger partial charge in [0, 0.05) is 13.0 Å². The van der Waals surface area contributed by atoms with Gasteiger partial charge in [-0.2, -0.15) is 0 Å². The summed E-state index contributed by atoms with van der Waals surface area (Å²) >= 11 is 0. The zero-order valence-corrected chi connectivity index (χ0v) is 24.4. The van der Waals surface area contributed by atoms with E-state index in [0.717, 1.165) is 5.56 Å². The molecule has 0 bridgehead atoms. The molecular formula is C30H41N7O6. The molecule has 0 aliphatic heterocycles. The van der Waals surface area contributed by atoms with Crippen molar-refractivity contribution in [3.63, 3.8) is 0 Å². The molecule has 0 fully saturated rings. The van der Waals surface area contributed by atoms with Gasteiger partial charge in [0.1, 0.15) is 24.4 Å². The van der Waals surface area contributed by atoms with E-state index in [9.17, 15) is 29.1 Å². The zero-order valence-electron chi connectivity index (χ0n) is 24.4. The van der Waals surface area contributed by atoms with E-state index in [1.54, 1.807) is 44.2 Å². The maximum Gasteiger partial charge on any atom is 0.326 e. The topological polar surface area (TPSA) is 218 Å². The number of urea groups is 1. The fourth-order valence-corrected chi connectivity index (χ4v) is 4.24. The van der Waals surface area contributed by atoms with Crippen LogP contribution in [0.25, 0.3) is 0 Å². The van der Waals surface area contributed by atoms with E-state index in [1.165, 1.54) is 0 Å². The highest BCUT2D eigenvalue weighted by Gasteiger charge is 2.30. The molecule has 4 amide bonds. The van der Waals surface area contributed by atoms with Crippen molar-refractivity contribution < 1.29 is 29.1 Å². The van der Waals surface area contributed by atoms with E-state index < -0.39 is 48.0 Å². The maximum absolute atomic E-state index is 13.4. The largest absolute Gasteiger partial charge is 0.480 e. The van der Waals surface area contributed by atoms with Gasteiger partial charge in [-0.1, -0.05) is 74.5 Å². The number of hydrogen-bond donors (Lipinski definition) is 7. The van der Waals surface area contributed by atoms with Gasteiger partial charge in [-0.15, -0.1) is 0 Å². The molecule has 2 unspecified atom stereocenters. The molecule has 0 aliphatic carbocycles. The number of hydrogen-bond acceptors (Lipinski definition) is 6. The number of benzene rings is 2. The number of aliphatic carboxylic acids is 1. The van der Waals surface area contributed by atoms with Crippen molar-refractivity contribution in [3.05, 3.63) is 71.8 Å². The maximum atomic E-state index is 13.4. The number of nitrogens with two attached hydrogens (primary N) is 2. The quantitative estimate of drug-likeness (QED) is 0.0588. The molecule has 2 rings (SSSR count). The van der Waals surface area contributed by atoms with Crippen LogP contribution in [0.4, 0.5) is 4.79 Å². The van der Waals surface area contributed by atoms with Gasteiger partial charge in [-0.05, 0) is 36.3 Å². The van der Waals surface area contributed by atoms with Crippen LogP contribution in [0.1, 0.15) is 37.8 Å². The molecular weight excluding hydrogens is 554 g/mol. The molecule has 0 aromatic heterocycles. The fourth-order valence-electron chi connectivity index (χ4n) is 4.24. The Bertz CT molecular complexity index is 1240. The number of rotatable bonds is 17. The minimum Gasteiger partial charge on any atom is -0.480 e. The van der Waals surface area contributed by atoms with Gasteiger partial charge in [-0.25, -0.2) is 9.59 Å². The molecule has 2 aromatic carbocycles. The number of guanidine groups is 1. The number of amides is 4. The van der Waals surface area contributed by atoms with Crippen LogP contribution in [0.2, 0.25) is 0 Å². The van der Waals surface area contributed by atoms with Crippen LogP contribution in [-0.2, 0) is 32.0 Å². The van der Waals surface area contributed by atoms with Crippen molar-refractivity contribution in [1.82, 2.24) is 21.3 Å². The van der Waals surface area contributed by atoms with Crippen LogP contribution in [0, 0.1) is 5.92 Å². The lowest BCUT2D eigenvalue weighted by Gasteiger charge is -2.27. The molecule has 13 heteroatoms. The number of nitrogens with zero attached hydrogens (tertiary/aromatic N) is 1. The summed E-state index contributed by atoms with van der Waals surface area (Å²) in [6, 6.07) is 12.8. The Morgan fingerprint density at radius 2 is 1.37 bits per heavy atom. The average Bonchev–Trinajstić information content (AvgIpc) is 2.97. The first-order valence-electron chi connectivity index (χ1n) is 14.0. The summed E-state index contributed by atoms with van der Waals surface area (Å²) in [4.78, 5) is 66.8. The summed E-state index contributed by atoms with van der Waals surface area (Å²) in [6.45, 7) is 3.63. The van der Waals surface area contributed by atoms with Crippen LogP contribution in [0.3, 0.4) is 0 Å². The van der Waals surface area contributed by atoms with E-state index in [2.05, 4.69) is 26.3 Å². The summed E-state index contributed by atoms with van der Waals surface area (Å²) in [6.07, 6.45) is 1.32. The normalized spacial score (nSPS) is 13.5. The van der Waals surface area contributed by atoms with Gasteiger partial charge in [0.05, 0.1) is 6.04 Å². The predicted molar refractivity (Wildman–Crippen MR) is 162 cm³/mol. The van der Waals surface area contributed by atoms with Crippen molar-refractivity contribution in [1.29, 1.82) is 0 Å². The number of carboxylic acid groups (broad SMARTS) is 1. The van der Waals surface area contributed by atoms with Crippen LogP contribution < -0.4 is 32.7 Å². The molecule has 0 spiro atoms. The highest BCUT2D eigenvalue weighted by molar-refractivity contribution is 5.93. The molecule has 0 aliphatic rings. The Morgan fingerprint density at radius 1 is 0.814 bits per heavy atom. The first-order valence-corrected chi connectivity index (χ1v) is 14.0. The second kappa shape index (κ2) is 17.8. The minimum atomic E-state index is -1.26. The Morgan fingerprint density at radius 3 is 1.88 bits per heavy atom. The first-order chi connectivity index (χ1) is 20.5. The van der Waals surface area contributed by atoms with Crippen molar-refractivity contribution in [2.24, 2.45) is 22.4 Å². The van der Waals surface area contributed by atoms with Gasteiger partial charge < -0.3 is 42.6 Å². The monoisotopic (exact) mass is 595 g/mol. The number of carbonyl (C=O) groups is 5. The number of carbonyl (C=O) groups excluding carboxylic acids is 4. The van der Waals surface area contributed by atoms with Gasteiger partial charge in [0.15, 0.2) is 5.96 Å². The number of aliphatic imine (C=N–C) groups is 1. The van der Waals surface area contributed by atoms with Crippen LogP contribution >= 0.6 is 0 Å². The van der Waals surface area contributed by atoms with E-state index >= 15 is 0 Å². The molecule has 0 saturated heterocycles. The van der Waals surface area contributed by atoms with E-state index in [4.69, 9.17) is 11.5 Å². The lowest BCUT2D eigenvalue weighted by molar-refractivity contribution is -0.139. The van der Waals surface area contributed by atoms with Gasteiger partial charge >= 0.3 is 12.0 Å². The number of carboxylic acids is 1. The fraction of sp³-hybridized carbons (Fsp3) is 0.400. The molecule has 0 saturated carbocycles. The van der Waals surface area contributed by atoms with Crippen LogP contribution in [-0.4, -0.2) is 71.9 Å². The first kappa shape index (κ1) is 34.3. The summed E-state index contributed by atoms with van der Waals surface area (Å²) in [5.41, 5.74) is 12.3. The SMILES string of the molecule is CC(C)C(NC(=O)[C@H](CCCN=C(N)N)NC(=O)N[C@@H](Cc1ccccc1)C(=O)O)C(=O)NC(C=O)Cc1ccccc1. The van der Waals surface area contributed by atoms with Crippen molar-refractivity contribution >= 4 is 36.1 Å². The predicted octanol–water partition coefficient (Wildman–Crippen LogP) is 0.471. The second-order valence-corrected chi connectivity index (χ2v) is 10.4. The number of aldehydes is 1. The summed E-state index contributed by atoms with van der Waals surface area (Å²) in [7, 11) is 0. The standard InChI is InChI=1S/C30H41N7O6/c1-19(2)25(27(40)34-22(18-38)16-20-10-5-3-6-11-20)37-26(39)23(14-9-15-33-29(31)32)35-30(43)36-24(28(41)42)17-21-12-7-4-8-13-21/h3-8,10-13,18-19,22-25H,9,14-17H2,1-2H3,(H,34,40)(H,37,39)(H,41,42)(H4,31,32,33)(H2,35,36,43)/t22?,23-,24-,25?/m0/s1. The highest BCUT2D eigenvalue weighted by atomic mass is 16.4. The molecule has 13 nitrogen and oxygen atoms in total. The third-order valence-corrected chi connectivity index (χ3v) is 6.49. The highest BCUT2D eigenvalue weighted by Crippen LogP contribution is 2.08. The second-order valence-electron chi connectivity index (χ2n) is 10.4. The van der Waals surface area contributed by atoms with Crippen molar-refractivity contribution in [2.45, 2.75) is 63.7 Å². The van der Waals surface area contributed by atoms with Gasteiger partial charge in [-0.3, -0.25) is 14.6 Å². The molecule has 43 heavy (non-hydrogen) atoms. The van der Waals surface area contributed by atoms with E-state index in [0.29, 0.717) is 18.3 Å². The third kappa shape index (κ3) is 12.6. The smallest absolute Gasteiger partial charge is 0.326 e. The Kier molecular flexibility index (Phi) is 14.2.